The summed E-state index contributed by atoms with van der Waals surface area (Å²) in [5, 5.41) is 7.56. The number of nitrogens with zero attached hydrogens (tertiary/aromatic N) is 3. The Hall–Kier alpha value is -5.81. The van der Waals surface area contributed by atoms with Gasteiger partial charge in [0.1, 0.15) is 16.7 Å². The standard InChI is InChI=1S/C31H15N2O2.C16H18N.Ir/c1-2-4-26-25(3-1)32-31-19-7-11-29-23(15-19)21-13-17(5-9-27(21)34-29)18-6-10-28-22(14-18)24-16-20(33(26)31)8-12-30(24)35-28;1-16(2,3)11-13-9-10-15(17-12-13)14-7-5-4-6-8-14;/h1-6,8-16H;4-7,9-10,12H,11H2,1-3H3;/q2*-1;/i;11D2;. The fraction of sp³-hybridized carbons (Fsp3) is 0.106. The van der Waals surface area contributed by atoms with Crippen molar-refractivity contribution < 1.29 is 31.7 Å². The first-order valence-electron chi connectivity index (χ1n) is 18.4. The SMILES string of the molecule is [2H]C([2H])(c1ccc(-c2[c-]cccc2)nc1)C(C)(C)C.[Ir].[c-]1cc2oc3ccc4cc3c2cc1c1nc2ccccc2n1c1ccc2oc3ccc4cc3c2c1. The zero-order valence-corrected chi connectivity index (χ0v) is 31.6. The van der Waals surface area contributed by atoms with Gasteiger partial charge in [0.2, 0.25) is 0 Å². The van der Waals surface area contributed by atoms with Gasteiger partial charge in [-0.05, 0) is 88.4 Å². The van der Waals surface area contributed by atoms with Crippen molar-refractivity contribution in [3.8, 4) is 11.3 Å². The molecule has 259 valence electrons. The van der Waals surface area contributed by atoms with Gasteiger partial charge in [0.05, 0.1) is 22.3 Å². The molecule has 0 fully saturated rings. The van der Waals surface area contributed by atoms with Gasteiger partial charge in [0, 0.05) is 50.7 Å². The van der Waals surface area contributed by atoms with Gasteiger partial charge in [-0.1, -0.05) is 62.6 Å². The van der Waals surface area contributed by atoms with Gasteiger partial charge in [0.15, 0.2) is 0 Å². The fourth-order valence-electron chi connectivity index (χ4n) is 7.19. The molecule has 11 aromatic rings. The van der Waals surface area contributed by atoms with Crippen LogP contribution in [0.4, 0.5) is 0 Å². The molecule has 0 aliphatic heterocycles. The van der Waals surface area contributed by atoms with E-state index >= 15 is 0 Å². The van der Waals surface area contributed by atoms with Crippen LogP contribution in [0.25, 0.3) is 93.5 Å². The molecule has 1 radical (unpaired) electrons. The zero-order valence-electron chi connectivity index (χ0n) is 31.2. The molecule has 8 bridgehead atoms. The number of para-hydroxylation sites is 2. The van der Waals surface area contributed by atoms with Crippen molar-refractivity contribution in [1.82, 2.24) is 14.4 Å². The average molecular weight is 866 g/mol. The molecule has 5 aromatic heterocycles. The van der Waals surface area contributed by atoms with E-state index in [1.165, 1.54) is 0 Å². The molecule has 6 aromatic carbocycles. The monoisotopic (exact) mass is 866 g/mol. The number of rotatable bonds is 2. The molecule has 5 heterocycles. The maximum absolute atomic E-state index is 8.21. The molecule has 6 heteroatoms. The number of hydrogen-bond donors (Lipinski definition) is 0. The molecular weight excluding hydrogens is 831 g/mol. The Morgan fingerprint density at radius 1 is 0.698 bits per heavy atom. The van der Waals surface area contributed by atoms with E-state index in [1.807, 2.05) is 69.3 Å². The van der Waals surface area contributed by atoms with Crippen LogP contribution in [0.5, 0.6) is 0 Å². The van der Waals surface area contributed by atoms with E-state index in [9.17, 15) is 0 Å². The van der Waals surface area contributed by atoms with Crippen LogP contribution in [0.15, 0.2) is 142 Å². The fourth-order valence-corrected chi connectivity index (χ4v) is 7.19. The third-order valence-corrected chi connectivity index (χ3v) is 9.52. The maximum Gasteiger partial charge on any atom is 0.135 e. The molecule has 0 saturated carbocycles. The average Bonchev–Trinajstić information content (AvgIpc) is 3.88. The van der Waals surface area contributed by atoms with E-state index in [0.717, 1.165) is 93.5 Å². The quantitative estimate of drug-likeness (QED) is 0.162. The number of aromatic nitrogens is 3. The van der Waals surface area contributed by atoms with Gasteiger partial charge in [-0.3, -0.25) is 4.98 Å². The predicted molar refractivity (Wildman–Crippen MR) is 213 cm³/mol. The molecule has 53 heavy (non-hydrogen) atoms. The third-order valence-electron chi connectivity index (χ3n) is 9.52. The van der Waals surface area contributed by atoms with Gasteiger partial charge in [-0.2, -0.15) is 0 Å². The van der Waals surface area contributed by atoms with Crippen LogP contribution in [0.3, 0.4) is 0 Å². The number of benzene rings is 6. The van der Waals surface area contributed by atoms with Crippen LogP contribution in [-0.2, 0) is 26.5 Å². The van der Waals surface area contributed by atoms with E-state index in [2.05, 4.69) is 100 Å². The van der Waals surface area contributed by atoms with Crippen molar-refractivity contribution in [2.24, 2.45) is 5.41 Å². The second kappa shape index (κ2) is 12.7. The zero-order chi connectivity index (χ0) is 36.8. The Labute approximate surface area is 322 Å². The molecule has 0 saturated heterocycles. The number of furan rings is 2. The molecule has 0 atom stereocenters. The van der Waals surface area contributed by atoms with E-state index in [-0.39, 0.29) is 20.1 Å². The summed E-state index contributed by atoms with van der Waals surface area (Å²) < 4.78 is 31.0. The van der Waals surface area contributed by atoms with Crippen molar-refractivity contribution in [3.05, 3.63) is 151 Å². The van der Waals surface area contributed by atoms with Crippen LogP contribution in [-0.4, -0.2) is 14.4 Å². The molecule has 11 rings (SSSR count). The van der Waals surface area contributed by atoms with Gasteiger partial charge in [-0.15, -0.1) is 59.5 Å². The van der Waals surface area contributed by atoms with Gasteiger partial charge in [-0.25, -0.2) is 0 Å². The van der Waals surface area contributed by atoms with Crippen LogP contribution in [0.2, 0.25) is 0 Å². The second-order valence-electron chi connectivity index (χ2n) is 14.3. The summed E-state index contributed by atoms with van der Waals surface area (Å²) in [5.74, 6) is 0. The maximum atomic E-state index is 8.21. The van der Waals surface area contributed by atoms with Crippen LogP contribution in [0, 0.1) is 17.5 Å². The number of fused-ring (bicyclic) bond motifs is 10. The number of pyridine rings is 1. The van der Waals surface area contributed by atoms with Crippen molar-refractivity contribution >= 4 is 82.2 Å². The second-order valence-corrected chi connectivity index (χ2v) is 14.3. The molecule has 0 spiro atoms. The first-order chi connectivity index (χ1) is 26.1. The van der Waals surface area contributed by atoms with Gasteiger partial charge in [0.25, 0.3) is 0 Å². The Kier molecular flexibility index (Phi) is 7.37. The Morgan fingerprint density at radius 3 is 2.08 bits per heavy atom. The summed E-state index contributed by atoms with van der Waals surface area (Å²) in [6, 6.07) is 49.4. The minimum atomic E-state index is -1.40. The summed E-state index contributed by atoms with van der Waals surface area (Å²) in [4.78, 5) is 9.41. The van der Waals surface area contributed by atoms with Crippen molar-refractivity contribution in [3.63, 3.8) is 0 Å². The molecule has 0 N–H and O–H groups in total. The first-order valence-corrected chi connectivity index (χ1v) is 17.4. The van der Waals surface area contributed by atoms with E-state index < -0.39 is 11.8 Å². The summed E-state index contributed by atoms with van der Waals surface area (Å²) in [6.07, 6.45) is 0.223. The molecule has 5 nitrogen and oxygen atoms in total. The number of imidazole rings is 1. The topological polar surface area (TPSA) is 56.5 Å². The Bertz CT molecular complexity index is 3230. The normalized spacial score (nSPS) is 12.8. The van der Waals surface area contributed by atoms with Crippen molar-refractivity contribution in [2.45, 2.75) is 27.1 Å². The number of hydrogen-bond acceptors (Lipinski definition) is 4. The van der Waals surface area contributed by atoms with E-state index in [4.69, 9.17) is 16.6 Å². The summed E-state index contributed by atoms with van der Waals surface area (Å²) in [7, 11) is 0. The molecule has 0 aliphatic carbocycles. The molecule has 0 aliphatic rings. The summed E-state index contributed by atoms with van der Waals surface area (Å²) in [6.45, 7) is 5.68. The van der Waals surface area contributed by atoms with E-state index in [0.29, 0.717) is 5.56 Å². The molecular formula is C47H33IrN3O2-2. The third kappa shape index (κ3) is 5.85. The predicted octanol–water partition coefficient (Wildman–Crippen LogP) is 12.5. The van der Waals surface area contributed by atoms with E-state index in [1.54, 1.807) is 6.20 Å². The van der Waals surface area contributed by atoms with Crippen molar-refractivity contribution in [1.29, 1.82) is 0 Å². The van der Waals surface area contributed by atoms with Crippen LogP contribution in [0.1, 0.15) is 29.1 Å². The first kappa shape index (κ1) is 30.8. The minimum Gasteiger partial charge on any atom is -0.500 e. The largest absolute Gasteiger partial charge is 0.500 e. The summed E-state index contributed by atoms with van der Waals surface area (Å²) >= 11 is 0. The smallest absolute Gasteiger partial charge is 0.135 e. The molecule has 0 amide bonds. The van der Waals surface area contributed by atoms with Crippen LogP contribution >= 0.6 is 0 Å². The van der Waals surface area contributed by atoms with Crippen LogP contribution < -0.4 is 0 Å². The Morgan fingerprint density at radius 2 is 1.38 bits per heavy atom. The Balaban J connectivity index is 0.000000170. The molecule has 0 unspecified atom stereocenters. The minimum absolute atomic E-state index is 0. The van der Waals surface area contributed by atoms with Crippen molar-refractivity contribution in [2.75, 3.05) is 0 Å². The van der Waals surface area contributed by atoms with Gasteiger partial charge >= 0.3 is 0 Å². The summed E-state index contributed by atoms with van der Waals surface area (Å²) in [5.41, 5.74) is 9.22. The van der Waals surface area contributed by atoms with Gasteiger partial charge < -0.3 is 18.2 Å².